The van der Waals surface area contributed by atoms with Crippen LogP contribution >= 0.6 is 15.9 Å². The number of nitrogens with zero attached hydrogens (tertiary/aromatic N) is 4. The Balaban J connectivity index is 1.90. The number of rotatable bonds is 10. The molecule has 0 saturated heterocycles. The van der Waals surface area contributed by atoms with E-state index in [2.05, 4.69) is 36.5 Å². The van der Waals surface area contributed by atoms with Gasteiger partial charge in [0.2, 0.25) is 5.91 Å². The Morgan fingerprint density at radius 2 is 2.00 bits per heavy atom. The lowest BCUT2D eigenvalue weighted by molar-refractivity contribution is -0.385. The van der Waals surface area contributed by atoms with Gasteiger partial charge in [-0.3, -0.25) is 14.9 Å². The van der Waals surface area contributed by atoms with E-state index < -0.39 is 10.7 Å². The van der Waals surface area contributed by atoms with Gasteiger partial charge < -0.3 is 20.3 Å². The van der Waals surface area contributed by atoms with Crippen molar-refractivity contribution in [1.82, 2.24) is 20.2 Å². The van der Waals surface area contributed by atoms with Crippen molar-refractivity contribution in [3.8, 4) is 5.75 Å². The van der Waals surface area contributed by atoms with E-state index in [9.17, 15) is 19.3 Å². The van der Waals surface area contributed by atoms with E-state index in [0.29, 0.717) is 15.4 Å². The third-order valence-electron chi connectivity index (χ3n) is 5.13. The molecule has 2 aromatic carbocycles. The Morgan fingerprint density at radius 1 is 1.26 bits per heavy atom. The van der Waals surface area contributed by atoms with Crippen LogP contribution in [0.4, 0.5) is 21.6 Å². The first kappa shape index (κ1) is 26.2. The summed E-state index contributed by atoms with van der Waals surface area (Å²) >= 11 is 3.20. The lowest BCUT2D eigenvalue weighted by Crippen LogP contribution is -2.45. The molecule has 0 aliphatic carbocycles. The first-order chi connectivity index (χ1) is 16.5. The van der Waals surface area contributed by atoms with Gasteiger partial charge in [0.15, 0.2) is 5.75 Å². The van der Waals surface area contributed by atoms with Gasteiger partial charge in [-0.2, -0.15) is 0 Å². The molecule has 0 radical (unpaired) electrons. The highest BCUT2D eigenvalue weighted by molar-refractivity contribution is 9.10. The number of anilines is 2. The Kier molecular flexibility index (Phi) is 8.52. The summed E-state index contributed by atoms with van der Waals surface area (Å²) in [5, 5.41) is 17.9. The van der Waals surface area contributed by atoms with Crippen molar-refractivity contribution in [2.24, 2.45) is 5.92 Å². The summed E-state index contributed by atoms with van der Waals surface area (Å²) in [5.41, 5.74) is 0.233. The van der Waals surface area contributed by atoms with E-state index in [-0.39, 0.29) is 54.0 Å². The van der Waals surface area contributed by atoms with Crippen LogP contribution in [0.3, 0.4) is 0 Å². The van der Waals surface area contributed by atoms with E-state index in [0.717, 1.165) is 0 Å². The molecule has 1 unspecified atom stereocenters. The number of aromatic nitrogens is 2. The number of hydrogen-bond acceptors (Lipinski definition) is 8. The number of halogens is 2. The van der Waals surface area contributed by atoms with Crippen LogP contribution in [0.2, 0.25) is 0 Å². The standard InChI is InChI=1S/C23H26BrFN6O4/c1-13(2)19(28-22(32)10-30(3)4)11-35-21-9-18-15(8-20(21)31(33)34)23(27-12-26-18)29-17-6-5-14(24)7-16(17)25/h5-9,12-13,19H,10-11H2,1-4H3,(H,28,32)(H,26,27,29). The van der Waals surface area contributed by atoms with E-state index in [1.54, 1.807) is 25.1 Å². The average molecular weight is 549 g/mol. The Morgan fingerprint density at radius 3 is 2.63 bits per heavy atom. The number of fused-ring (bicyclic) bond motifs is 1. The molecule has 3 aromatic rings. The zero-order valence-corrected chi connectivity index (χ0v) is 21.3. The van der Waals surface area contributed by atoms with E-state index in [1.807, 2.05) is 13.8 Å². The zero-order chi connectivity index (χ0) is 25.7. The largest absolute Gasteiger partial charge is 0.485 e. The van der Waals surface area contributed by atoms with Crippen LogP contribution in [0.25, 0.3) is 10.9 Å². The molecule has 1 atom stereocenters. The fraction of sp³-hybridized carbons (Fsp3) is 0.348. The summed E-state index contributed by atoms with van der Waals surface area (Å²) in [5.74, 6) is -0.443. The Hall–Kier alpha value is -3.38. The summed E-state index contributed by atoms with van der Waals surface area (Å²) in [7, 11) is 3.57. The maximum atomic E-state index is 14.3. The second-order valence-electron chi connectivity index (χ2n) is 8.53. The molecule has 1 amide bonds. The third kappa shape index (κ3) is 6.83. The first-order valence-electron chi connectivity index (χ1n) is 10.8. The molecule has 35 heavy (non-hydrogen) atoms. The van der Waals surface area contributed by atoms with Gasteiger partial charge in [-0.1, -0.05) is 29.8 Å². The van der Waals surface area contributed by atoms with Crippen LogP contribution in [0.15, 0.2) is 41.1 Å². The van der Waals surface area contributed by atoms with E-state index in [1.165, 1.54) is 30.6 Å². The predicted octanol–water partition coefficient (Wildman–Crippen LogP) is 4.26. The minimum atomic E-state index is -0.569. The van der Waals surface area contributed by atoms with Crippen molar-refractivity contribution in [3.63, 3.8) is 0 Å². The molecule has 0 aliphatic heterocycles. The number of carbonyl (C=O) groups excluding carboxylic acids is 1. The lowest BCUT2D eigenvalue weighted by Gasteiger charge is -2.23. The van der Waals surface area contributed by atoms with Gasteiger partial charge in [0.1, 0.15) is 24.6 Å². The van der Waals surface area contributed by atoms with Crippen LogP contribution in [-0.2, 0) is 4.79 Å². The van der Waals surface area contributed by atoms with Crippen LogP contribution in [-0.4, -0.2) is 59.0 Å². The average Bonchev–Trinajstić information content (AvgIpc) is 2.77. The second-order valence-corrected chi connectivity index (χ2v) is 9.45. The van der Waals surface area contributed by atoms with Crippen LogP contribution in [0.1, 0.15) is 13.8 Å². The maximum Gasteiger partial charge on any atom is 0.311 e. The number of nitrogens with one attached hydrogen (secondary N) is 2. The van der Waals surface area contributed by atoms with Crippen LogP contribution in [0.5, 0.6) is 5.75 Å². The number of hydrogen-bond donors (Lipinski definition) is 2. The summed E-state index contributed by atoms with van der Waals surface area (Å²) in [6.45, 7) is 4.09. The minimum absolute atomic E-state index is 0.00878. The molecule has 186 valence electrons. The summed E-state index contributed by atoms with van der Waals surface area (Å²) in [6, 6.07) is 6.85. The highest BCUT2D eigenvalue weighted by atomic mass is 79.9. The number of ether oxygens (including phenoxy) is 1. The minimum Gasteiger partial charge on any atom is -0.485 e. The number of likely N-dealkylation sites (N-methyl/N-ethyl adjacent to an activating group) is 1. The van der Waals surface area contributed by atoms with Gasteiger partial charge in [-0.25, -0.2) is 14.4 Å². The molecule has 0 saturated carbocycles. The quantitative estimate of drug-likeness (QED) is 0.284. The molecule has 12 heteroatoms. The molecular weight excluding hydrogens is 523 g/mol. The molecule has 0 aliphatic rings. The molecular formula is C23H26BrFN6O4. The molecule has 10 nitrogen and oxygen atoms in total. The number of carbonyl (C=O) groups is 1. The van der Waals surface area contributed by atoms with Gasteiger partial charge in [0.05, 0.1) is 34.1 Å². The molecule has 1 aromatic heterocycles. The third-order valence-corrected chi connectivity index (χ3v) is 5.62. The summed E-state index contributed by atoms with van der Waals surface area (Å²) in [4.78, 5) is 33.5. The monoisotopic (exact) mass is 548 g/mol. The van der Waals surface area contributed by atoms with Crippen LogP contribution < -0.4 is 15.4 Å². The smallest absolute Gasteiger partial charge is 0.311 e. The fourth-order valence-corrected chi connectivity index (χ4v) is 3.60. The molecule has 0 bridgehead atoms. The predicted molar refractivity (Wildman–Crippen MR) is 134 cm³/mol. The number of benzene rings is 2. The number of nitro groups is 1. The van der Waals surface area contributed by atoms with Crippen molar-refractivity contribution in [1.29, 1.82) is 0 Å². The van der Waals surface area contributed by atoms with Gasteiger partial charge in [0, 0.05) is 16.6 Å². The lowest BCUT2D eigenvalue weighted by atomic mass is 10.1. The fourth-order valence-electron chi connectivity index (χ4n) is 3.27. The van der Waals surface area contributed by atoms with Crippen molar-refractivity contribution < 1.29 is 18.8 Å². The maximum absolute atomic E-state index is 14.3. The molecule has 0 fully saturated rings. The van der Waals surface area contributed by atoms with Gasteiger partial charge in [-0.15, -0.1) is 0 Å². The van der Waals surface area contributed by atoms with Crippen molar-refractivity contribution in [3.05, 3.63) is 57.1 Å². The molecule has 2 N–H and O–H groups in total. The topological polar surface area (TPSA) is 123 Å². The van der Waals surface area contributed by atoms with Crippen molar-refractivity contribution in [2.45, 2.75) is 19.9 Å². The molecule has 1 heterocycles. The van der Waals surface area contributed by atoms with Gasteiger partial charge >= 0.3 is 5.69 Å². The summed E-state index contributed by atoms with van der Waals surface area (Å²) in [6.07, 6.45) is 1.27. The number of nitro benzene ring substituents is 1. The van der Waals surface area contributed by atoms with Crippen molar-refractivity contribution in [2.75, 3.05) is 32.6 Å². The molecule has 0 spiro atoms. The van der Waals surface area contributed by atoms with Crippen LogP contribution in [0, 0.1) is 21.8 Å². The van der Waals surface area contributed by atoms with Gasteiger partial charge in [-0.05, 0) is 38.2 Å². The van der Waals surface area contributed by atoms with Crippen molar-refractivity contribution >= 4 is 49.9 Å². The normalized spacial score (nSPS) is 12.1. The highest BCUT2D eigenvalue weighted by Gasteiger charge is 2.23. The SMILES string of the molecule is CC(C)C(COc1cc2ncnc(Nc3ccc(Br)cc3F)c2cc1[N+](=O)[O-])NC(=O)CN(C)C. The number of amides is 1. The Bertz CT molecular complexity index is 1240. The van der Waals surface area contributed by atoms with E-state index in [4.69, 9.17) is 4.74 Å². The highest BCUT2D eigenvalue weighted by Crippen LogP contribution is 2.35. The summed E-state index contributed by atoms with van der Waals surface area (Å²) < 4.78 is 20.7. The van der Waals surface area contributed by atoms with Gasteiger partial charge in [0.25, 0.3) is 0 Å². The molecule has 3 rings (SSSR count). The second kappa shape index (κ2) is 11.4. The first-order valence-corrected chi connectivity index (χ1v) is 11.6. The Labute approximate surface area is 210 Å². The zero-order valence-electron chi connectivity index (χ0n) is 19.7. The van der Waals surface area contributed by atoms with E-state index >= 15 is 0 Å².